The first-order valence-corrected chi connectivity index (χ1v) is 7.74. The van der Waals surface area contributed by atoms with Crippen molar-refractivity contribution in [1.82, 2.24) is 4.31 Å². The Balaban J connectivity index is 3.20. The lowest BCUT2D eigenvalue weighted by Gasteiger charge is -2.26. The van der Waals surface area contributed by atoms with E-state index in [9.17, 15) is 17.2 Å². The number of hydrogen-bond donors (Lipinski definition) is 1. The van der Waals surface area contributed by atoms with Crippen LogP contribution in [0, 0.1) is 17.6 Å². The van der Waals surface area contributed by atoms with Crippen molar-refractivity contribution in [3.63, 3.8) is 0 Å². The standard InChI is InChI=1S/C13H20F2N2O2S/c1-8(2)7-9(3)17(4)20(18,19)11-6-5-10(14)13(16)12(11)15/h5-6,8-9H,7,16H2,1-4H3. The van der Waals surface area contributed by atoms with Gasteiger partial charge in [0.1, 0.15) is 16.4 Å². The van der Waals surface area contributed by atoms with Gasteiger partial charge in [-0.15, -0.1) is 0 Å². The molecule has 1 unspecified atom stereocenters. The molecule has 1 aromatic carbocycles. The van der Waals surface area contributed by atoms with Crippen LogP contribution in [0.5, 0.6) is 0 Å². The molecule has 20 heavy (non-hydrogen) atoms. The Kier molecular flexibility index (Phi) is 5.10. The Morgan fingerprint density at radius 3 is 2.30 bits per heavy atom. The number of nitrogens with two attached hydrogens (primary N) is 1. The van der Waals surface area contributed by atoms with Crippen LogP contribution in [0.15, 0.2) is 17.0 Å². The summed E-state index contributed by atoms with van der Waals surface area (Å²) in [7, 11) is -2.67. The Morgan fingerprint density at radius 1 is 1.25 bits per heavy atom. The van der Waals surface area contributed by atoms with E-state index in [4.69, 9.17) is 5.73 Å². The number of halogens is 2. The van der Waals surface area contributed by atoms with Gasteiger partial charge < -0.3 is 5.73 Å². The molecule has 0 heterocycles. The van der Waals surface area contributed by atoms with E-state index in [2.05, 4.69) is 0 Å². The lowest BCUT2D eigenvalue weighted by Crippen LogP contribution is -2.36. The van der Waals surface area contributed by atoms with Gasteiger partial charge in [0.05, 0.1) is 0 Å². The van der Waals surface area contributed by atoms with E-state index < -0.39 is 32.2 Å². The summed E-state index contributed by atoms with van der Waals surface area (Å²) < 4.78 is 52.8. The Labute approximate surface area is 118 Å². The van der Waals surface area contributed by atoms with Crippen LogP contribution in [0.4, 0.5) is 14.5 Å². The minimum absolute atomic E-state index is 0.297. The van der Waals surface area contributed by atoms with Crippen LogP contribution in [0.3, 0.4) is 0 Å². The number of hydrogen-bond acceptors (Lipinski definition) is 3. The van der Waals surface area contributed by atoms with Crippen LogP contribution >= 0.6 is 0 Å². The van der Waals surface area contributed by atoms with E-state index in [-0.39, 0.29) is 6.04 Å². The third kappa shape index (κ3) is 3.27. The molecule has 0 aliphatic rings. The largest absolute Gasteiger partial charge is 0.394 e. The molecule has 0 aliphatic carbocycles. The van der Waals surface area contributed by atoms with Crippen LogP contribution < -0.4 is 5.73 Å². The van der Waals surface area contributed by atoms with Gasteiger partial charge in [-0.25, -0.2) is 17.2 Å². The van der Waals surface area contributed by atoms with Gasteiger partial charge in [0.2, 0.25) is 10.0 Å². The van der Waals surface area contributed by atoms with E-state index in [1.807, 2.05) is 13.8 Å². The first-order valence-electron chi connectivity index (χ1n) is 6.30. The fourth-order valence-corrected chi connectivity index (χ4v) is 3.42. The Hall–Kier alpha value is -1.21. The monoisotopic (exact) mass is 306 g/mol. The second-order valence-electron chi connectivity index (χ2n) is 5.27. The number of anilines is 1. The van der Waals surface area contributed by atoms with Crippen molar-refractivity contribution < 1.29 is 17.2 Å². The fourth-order valence-electron chi connectivity index (χ4n) is 1.97. The van der Waals surface area contributed by atoms with Gasteiger partial charge in [-0.1, -0.05) is 13.8 Å². The van der Waals surface area contributed by atoms with Crippen molar-refractivity contribution in [3.05, 3.63) is 23.8 Å². The number of nitrogens with zero attached hydrogens (tertiary/aromatic N) is 1. The van der Waals surface area contributed by atoms with Crippen LogP contribution in [-0.4, -0.2) is 25.8 Å². The maximum atomic E-state index is 13.9. The van der Waals surface area contributed by atoms with Gasteiger partial charge >= 0.3 is 0 Å². The first kappa shape index (κ1) is 16.8. The van der Waals surface area contributed by atoms with E-state index in [1.165, 1.54) is 7.05 Å². The summed E-state index contributed by atoms with van der Waals surface area (Å²) >= 11 is 0. The summed E-state index contributed by atoms with van der Waals surface area (Å²) in [5, 5.41) is 0. The van der Waals surface area contributed by atoms with E-state index in [1.54, 1.807) is 6.92 Å². The number of sulfonamides is 1. The topological polar surface area (TPSA) is 63.4 Å². The van der Waals surface area contributed by atoms with E-state index >= 15 is 0 Å². The van der Waals surface area contributed by atoms with Gasteiger partial charge in [0.15, 0.2) is 5.82 Å². The number of rotatable bonds is 5. The zero-order valence-corrected chi connectivity index (χ0v) is 12.8. The molecular formula is C13H20F2N2O2S. The summed E-state index contributed by atoms with van der Waals surface area (Å²) in [4.78, 5) is -0.602. The average molecular weight is 306 g/mol. The van der Waals surface area contributed by atoms with Gasteiger partial charge in [-0.3, -0.25) is 0 Å². The molecule has 0 amide bonds. The third-order valence-corrected chi connectivity index (χ3v) is 5.17. The van der Waals surface area contributed by atoms with Crippen molar-refractivity contribution >= 4 is 15.7 Å². The molecule has 2 N–H and O–H groups in total. The van der Waals surface area contributed by atoms with E-state index in [0.29, 0.717) is 12.3 Å². The molecular weight excluding hydrogens is 286 g/mol. The number of nitrogen functional groups attached to an aromatic ring is 1. The molecule has 0 aliphatic heterocycles. The second kappa shape index (κ2) is 6.05. The van der Waals surface area contributed by atoms with Gasteiger partial charge in [-0.05, 0) is 31.4 Å². The Morgan fingerprint density at radius 2 is 1.80 bits per heavy atom. The molecule has 0 radical (unpaired) electrons. The van der Waals surface area contributed by atoms with Crippen LogP contribution in [-0.2, 0) is 10.0 Å². The van der Waals surface area contributed by atoms with Crippen molar-refractivity contribution in [2.75, 3.05) is 12.8 Å². The third-order valence-electron chi connectivity index (χ3n) is 3.18. The predicted octanol–water partition coefficient (Wildman–Crippen LogP) is 2.60. The van der Waals surface area contributed by atoms with Gasteiger partial charge in [-0.2, -0.15) is 4.31 Å². The van der Waals surface area contributed by atoms with Crippen molar-refractivity contribution in [2.45, 2.75) is 38.1 Å². The molecule has 0 saturated heterocycles. The first-order chi connectivity index (χ1) is 9.09. The summed E-state index contributed by atoms with van der Waals surface area (Å²) in [6.07, 6.45) is 0.633. The van der Waals surface area contributed by atoms with Crippen molar-refractivity contribution in [2.24, 2.45) is 5.92 Å². The highest BCUT2D eigenvalue weighted by molar-refractivity contribution is 7.89. The lowest BCUT2D eigenvalue weighted by atomic mass is 10.1. The maximum Gasteiger partial charge on any atom is 0.246 e. The second-order valence-corrected chi connectivity index (χ2v) is 7.24. The highest BCUT2D eigenvalue weighted by Gasteiger charge is 2.30. The molecule has 114 valence electrons. The van der Waals surface area contributed by atoms with Crippen LogP contribution in [0.2, 0.25) is 0 Å². The fraction of sp³-hybridized carbons (Fsp3) is 0.538. The van der Waals surface area contributed by atoms with E-state index in [0.717, 1.165) is 16.4 Å². The quantitative estimate of drug-likeness (QED) is 0.851. The zero-order valence-electron chi connectivity index (χ0n) is 12.0. The molecule has 0 fully saturated rings. The summed E-state index contributed by atoms with van der Waals surface area (Å²) in [5.74, 6) is -1.92. The summed E-state index contributed by atoms with van der Waals surface area (Å²) in [6, 6.07) is 1.45. The molecule has 7 heteroatoms. The smallest absolute Gasteiger partial charge is 0.246 e. The van der Waals surface area contributed by atoms with Gasteiger partial charge in [0, 0.05) is 13.1 Å². The molecule has 0 spiro atoms. The minimum Gasteiger partial charge on any atom is -0.394 e. The summed E-state index contributed by atoms with van der Waals surface area (Å²) in [5.41, 5.74) is 4.42. The molecule has 1 rings (SSSR count). The zero-order chi connectivity index (χ0) is 15.7. The molecule has 0 bridgehead atoms. The molecule has 0 saturated carbocycles. The maximum absolute atomic E-state index is 13.9. The van der Waals surface area contributed by atoms with Crippen molar-refractivity contribution in [3.8, 4) is 0 Å². The predicted molar refractivity (Wildman–Crippen MR) is 74.6 cm³/mol. The average Bonchev–Trinajstić information content (AvgIpc) is 2.33. The van der Waals surface area contributed by atoms with Crippen molar-refractivity contribution in [1.29, 1.82) is 0 Å². The lowest BCUT2D eigenvalue weighted by molar-refractivity contribution is 0.336. The van der Waals surface area contributed by atoms with Crippen LogP contribution in [0.1, 0.15) is 27.2 Å². The summed E-state index contributed by atoms with van der Waals surface area (Å²) in [6.45, 7) is 5.67. The number of benzene rings is 1. The molecule has 1 aromatic rings. The van der Waals surface area contributed by atoms with Crippen LogP contribution in [0.25, 0.3) is 0 Å². The molecule has 4 nitrogen and oxygen atoms in total. The SMILES string of the molecule is CC(C)CC(C)N(C)S(=O)(=O)c1ccc(F)c(N)c1F. The highest BCUT2D eigenvalue weighted by Crippen LogP contribution is 2.26. The Bertz CT molecular complexity index is 588. The van der Waals surface area contributed by atoms with Gasteiger partial charge in [0.25, 0.3) is 0 Å². The normalized spacial score (nSPS) is 14.0. The molecule has 1 atom stereocenters. The molecule has 0 aromatic heterocycles. The minimum atomic E-state index is -4.04. The highest BCUT2D eigenvalue weighted by atomic mass is 32.2.